The summed E-state index contributed by atoms with van der Waals surface area (Å²) in [6.45, 7) is 1.80. The van der Waals surface area contributed by atoms with Crippen LogP contribution in [0.5, 0.6) is 5.75 Å². The Morgan fingerprint density at radius 2 is 1.79 bits per heavy atom. The van der Waals surface area contributed by atoms with Crippen molar-refractivity contribution in [2.75, 3.05) is 19.4 Å². The van der Waals surface area contributed by atoms with Crippen molar-refractivity contribution in [2.45, 2.75) is 31.7 Å². The number of halogens is 3. The van der Waals surface area contributed by atoms with Crippen LogP contribution >= 0.6 is 0 Å². The van der Waals surface area contributed by atoms with Crippen LogP contribution in [-0.2, 0) is 11.0 Å². The zero-order valence-electron chi connectivity index (χ0n) is 18.2. The van der Waals surface area contributed by atoms with E-state index in [0.717, 1.165) is 12.1 Å². The van der Waals surface area contributed by atoms with Gasteiger partial charge in [-0.15, -0.1) is 0 Å². The summed E-state index contributed by atoms with van der Waals surface area (Å²) in [5.74, 6) is -1.37. The zero-order valence-corrected chi connectivity index (χ0v) is 18.2. The number of hydrogen-bond donors (Lipinski definition) is 4. The predicted molar refractivity (Wildman–Crippen MR) is 115 cm³/mol. The van der Waals surface area contributed by atoms with Crippen LogP contribution in [0.2, 0.25) is 0 Å². The van der Waals surface area contributed by atoms with Crippen LogP contribution < -0.4 is 10.6 Å². The molecule has 2 unspecified atom stereocenters. The Hall–Kier alpha value is -3.53. The summed E-state index contributed by atoms with van der Waals surface area (Å²) >= 11 is 0. The summed E-state index contributed by atoms with van der Waals surface area (Å²) in [6.07, 6.45) is -5.47. The molecule has 2 atom stereocenters. The average Bonchev–Trinajstić information content (AvgIpc) is 2.78. The van der Waals surface area contributed by atoms with Crippen molar-refractivity contribution in [3.05, 3.63) is 70.5 Å². The lowest BCUT2D eigenvalue weighted by atomic mass is 9.92. The van der Waals surface area contributed by atoms with Crippen LogP contribution in [0.25, 0.3) is 0 Å². The Kier molecular flexibility index (Phi) is 6.68. The van der Waals surface area contributed by atoms with Gasteiger partial charge in [0, 0.05) is 14.1 Å². The highest BCUT2D eigenvalue weighted by molar-refractivity contribution is 6.09. The summed E-state index contributed by atoms with van der Waals surface area (Å²) < 4.78 is 38.5. The fraction of sp³-hybridized carbons (Fsp3) is 0.304. The molecule has 1 aliphatic carbocycles. The standard InChI is InChI=1S/C23H24F3N3O4/c1-4-15(12-8-10-13(11-9-12)23(24,25)26)27-17-18(21(32)20(17)31)28-16-7-5-6-14(19(16)30)22(33)29(2)3/h5-11,15,21,27-28,30,32H,4H2,1-3H3. The van der Waals surface area contributed by atoms with E-state index in [4.69, 9.17) is 0 Å². The molecule has 0 saturated carbocycles. The molecular weight excluding hydrogens is 439 g/mol. The van der Waals surface area contributed by atoms with E-state index in [1.807, 2.05) is 0 Å². The normalized spacial score (nSPS) is 16.8. The van der Waals surface area contributed by atoms with Crippen molar-refractivity contribution in [3.8, 4) is 5.75 Å². The number of para-hydroxylation sites is 1. The number of phenolic OH excluding ortho intramolecular Hbond substituents is 1. The lowest BCUT2D eigenvalue weighted by molar-refractivity contribution is -0.137. The third kappa shape index (κ3) is 4.80. The average molecular weight is 463 g/mol. The molecule has 2 aromatic carbocycles. The minimum Gasteiger partial charge on any atom is -0.505 e. The number of amides is 1. The molecule has 0 bridgehead atoms. The third-order valence-electron chi connectivity index (χ3n) is 5.35. The topological polar surface area (TPSA) is 102 Å². The number of ketones is 1. The van der Waals surface area contributed by atoms with Crippen molar-refractivity contribution < 1.29 is 33.0 Å². The highest BCUT2D eigenvalue weighted by atomic mass is 19.4. The maximum atomic E-state index is 12.8. The number of nitrogens with zero attached hydrogens (tertiary/aromatic N) is 1. The molecule has 0 aliphatic heterocycles. The number of carbonyl (C=O) groups excluding carboxylic acids is 2. The number of anilines is 1. The molecule has 176 valence electrons. The number of rotatable bonds is 7. The molecule has 10 heteroatoms. The molecule has 3 rings (SSSR count). The van der Waals surface area contributed by atoms with Crippen molar-refractivity contribution in [1.82, 2.24) is 10.2 Å². The molecule has 0 radical (unpaired) electrons. The summed E-state index contributed by atoms with van der Waals surface area (Å²) in [5.41, 5.74) is 0.0593. The van der Waals surface area contributed by atoms with E-state index in [1.54, 1.807) is 6.92 Å². The van der Waals surface area contributed by atoms with Gasteiger partial charge in [-0.1, -0.05) is 25.1 Å². The SMILES string of the molecule is CCC(NC1=C(Nc2cccc(C(=O)N(C)C)c2O)C(O)C1=O)c1ccc(C(F)(F)F)cc1. The lowest BCUT2D eigenvalue weighted by Crippen LogP contribution is -2.46. The molecule has 0 aromatic heterocycles. The van der Waals surface area contributed by atoms with Crippen molar-refractivity contribution in [3.63, 3.8) is 0 Å². The number of benzene rings is 2. The van der Waals surface area contributed by atoms with Crippen molar-refractivity contribution in [2.24, 2.45) is 0 Å². The van der Waals surface area contributed by atoms with Gasteiger partial charge in [0.15, 0.2) is 11.9 Å². The Bertz CT molecular complexity index is 1100. The molecule has 0 heterocycles. The fourth-order valence-corrected chi connectivity index (χ4v) is 3.44. The first-order valence-corrected chi connectivity index (χ1v) is 10.2. The number of phenols is 1. The molecular formula is C23H24F3N3O4. The summed E-state index contributed by atoms with van der Waals surface area (Å²) in [4.78, 5) is 25.8. The molecule has 0 spiro atoms. The molecule has 7 nitrogen and oxygen atoms in total. The van der Waals surface area contributed by atoms with Crippen LogP contribution in [0.15, 0.2) is 53.9 Å². The highest BCUT2D eigenvalue weighted by Crippen LogP contribution is 2.35. The Labute approximate surface area is 188 Å². The summed E-state index contributed by atoms with van der Waals surface area (Å²) in [6, 6.07) is 8.57. The molecule has 0 saturated heterocycles. The lowest BCUT2D eigenvalue weighted by Gasteiger charge is -2.32. The van der Waals surface area contributed by atoms with Gasteiger partial charge in [0.05, 0.1) is 28.6 Å². The van der Waals surface area contributed by atoms with Gasteiger partial charge >= 0.3 is 6.18 Å². The second kappa shape index (κ2) is 9.14. The first-order chi connectivity index (χ1) is 15.5. The fourth-order valence-electron chi connectivity index (χ4n) is 3.44. The molecule has 1 amide bonds. The van der Waals surface area contributed by atoms with Gasteiger partial charge in [-0.05, 0) is 36.2 Å². The van der Waals surface area contributed by atoms with Crippen LogP contribution in [0.4, 0.5) is 18.9 Å². The Morgan fingerprint density at radius 3 is 2.33 bits per heavy atom. The molecule has 2 aromatic rings. The van der Waals surface area contributed by atoms with Crippen LogP contribution in [0.3, 0.4) is 0 Å². The van der Waals surface area contributed by atoms with E-state index in [-0.39, 0.29) is 28.4 Å². The largest absolute Gasteiger partial charge is 0.505 e. The van der Waals surface area contributed by atoms with Gasteiger partial charge in [-0.2, -0.15) is 13.2 Å². The van der Waals surface area contributed by atoms with Gasteiger partial charge in [0.2, 0.25) is 5.78 Å². The maximum Gasteiger partial charge on any atom is 0.416 e. The molecule has 4 N–H and O–H groups in total. The first kappa shape index (κ1) is 24.1. The van der Waals surface area contributed by atoms with Gasteiger partial charge in [-0.25, -0.2) is 0 Å². The van der Waals surface area contributed by atoms with Crippen molar-refractivity contribution in [1.29, 1.82) is 0 Å². The highest BCUT2D eigenvalue weighted by Gasteiger charge is 2.40. The quantitative estimate of drug-likeness (QED) is 0.470. The number of aliphatic hydroxyl groups excluding tert-OH is 1. The van der Waals surface area contributed by atoms with Gasteiger partial charge < -0.3 is 25.7 Å². The minimum absolute atomic E-state index is 0.0384. The van der Waals surface area contributed by atoms with Gasteiger partial charge in [0.1, 0.15) is 5.70 Å². The van der Waals surface area contributed by atoms with E-state index < -0.39 is 35.6 Å². The second-order valence-corrected chi connectivity index (χ2v) is 7.81. The molecule has 0 fully saturated rings. The van der Waals surface area contributed by atoms with Crippen LogP contribution in [-0.4, -0.2) is 47.0 Å². The number of aliphatic hydroxyl groups is 1. The van der Waals surface area contributed by atoms with E-state index in [9.17, 15) is 33.0 Å². The smallest absolute Gasteiger partial charge is 0.416 e. The van der Waals surface area contributed by atoms with E-state index in [1.165, 1.54) is 49.3 Å². The number of Topliss-reactive ketones (excluding diaryl/α,β-unsaturated/α-hetero) is 1. The maximum absolute atomic E-state index is 12.8. The minimum atomic E-state index is -4.45. The van der Waals surface area contributed by atoms with E-state index in [2.05, 4.69) is 10.6 Å². The zero-order chi connectivity index (χ0) is 24.5. The van der Waals surface area contributed by atoms with Crippen LogP contribution in [0, 0.1) is 0 Å². The predicted octanol–water partition coefficient (Wildman–Crippen LogP) is 3.42. The number of carbonyl (C=O) groups is 2. The summed E-state index contributed by atoms with van der Waals surface area (Å²) in [7, 11) is 3.07. The first-order valence-electron chi connectivity index (χ1n) is 10.2. The van der Waals surface area contributed by atoms with Crippen molar-refractivity contribution >= 4 is 17.4 Å². The Morgan fingerprint density at radius 1 is 1.15 bits per heavy atom. The number of nitrogens with one attached hydrogen (secondary N) is 2. The number of aromatic hydroxyl groups is 1. The van der Waals surface area contributed by atoms with Crippen LogP contribution in [0.1, 0.15) is 40.9 Å². The number of hydrogen-bond acceptors (Lipinski definition) is 6. The Balaban J connectivity index is 1.87. The monoisotopic (exact) mass is 463 g/mol. The number of alkyl halides is 3. The molecule has 33 heavy (non-hydrogen) atoms. The molecule has 1 aliphatic rings. The van der Waals surface area contributed by atoms with Gasteiger partial charge in [-0.3, -0.25) is 9.59 Å². The summed E-state index contributed by atoms with van der Waals surface area (Å²) in [5, 5.41) is 26.4. The van der Waals surface area contributed by atoms with Gasteiger partial charge in [0.25, 0.3) is 5.91 Å². The third-order valence-corrected chi connectivity index (χ3v) is 5.35. The van der Waals surface area contributed by atoms with E-state index in [0.29, 0.717) is 12.0 Å². The van der Waals surface area contributed by atoms with E-state index >= 15 is 0 Å². The second-order valence-electron chi connectivity index (χ2n) is 7.81.